The van der Waals surface area contributed by atoms with E-state index in [0.29, 0.717) is 6.04 Å². The molecule has 0 aliphatic carbocycles. The van der Waals surface area contributed by atoms with Crippen LogP contribution in [0.1, 0.15) is 56.6 Å². The van der Waals surface area contributed by atoms with E-state index < -0.39 is 0 Å². The smallest absolute Gasteiger partial charge is 0.0644 e. The molecule has 3 heteroatoms. The molecule has 3 nitrogen and oxygen atoms in total. The summed E-state index contributed by atoms with van der Waals surface area (Å²) >= 11 is 0. The molecule has 1 unspecified atom stereocenters. The second-order valence-corrected chi connectivity index (χ2v) is 4.48. The van der Waals surface area contributed by atoms with Gasteiger partial charge in [-0.25, -0.2) is 0 Å². The van der Waals surface area contributed by atoms with Crippen LogP contribution in [0.15, 0.2) is 0 Å². The molecule has 1 heterocycles. The van der Waals surface area contributed by atoms with Crippen LogP contribution in [0.25, 0.3) is 0 Å². The molecule has 0 radical (unpaired) electrons. The Kier molecular flexibility index (Phi) is 5.00. The largest absolute Gasteiger partial charge is 0.310 e. The quantitative estimate of drug-likeness (QED) is 0.803. The van der Waals surface area contributed by atoms with Gasteiger partial charge in [-0.1, -0.05) is 13.8 Å². The summed E-state index contributed by atoms with van der Waals surface area (Å²) in [6.07, 6.45) is 2.31. The molecule has 0 aliphatic heterocycles. The van der Waals surface area contributed by atoms with Crippen molar-refractivity contribution >= 4 is 0 Å². The number of hydrogen-bond acceptors (Lipinski definition) is 2. The van der Waals surface area contributed by atoms with Crippen LogP contribution >= 0.6 is 0 Å². The van der Waals surface area contributed by atoms with E-state index in [2.05, 4.69) is 49.7 Å². The third-order valence-corrected chi connectivity index (χ3v) is 3.01. The molecule has 92 valence electrons. The summed E-state index contributed by atoms with van der Waals surface area (Å²) in [5.74, 6) is 0. The van der Waals surface area contributed by atoms with Crippen LogP contribution in [0, 0.1) is 13.8 Å². The zero-order valence-electron chi connectivity index (χ0n) is 11.3. The first kappa shape index (κ1) is 13.2. The van der Waals surface area contributed by atoms with Crippen molar-refractivity contribution in [1.29, 1.82) is 0 Å². The Labute approximate surface area is 99.2 Å². The first-order chi connectivity index (χ1) is 7.61. The number of aromatic nitrogens is 2. The molecule has 1 aromatic rings. The highest BCUT2D eigenvalue weighted by molar-refractivity contribution is 5.27. The standard InChI is InChI=1S/C13H25N3/c1-6-8-14-10(3)13-11(4)15-16(9-7-2)12(13)5/h10,14H,6-9H2,1-5H3. The number of rotatable bonds is 6. The topological polar surface area (TPSA) is 29.9 Å². The van der Waals surface area contributed by atoms with Gasteiger partial charge in [0.25, 0.3) is 0 Å². The van der Waals surface area contributed by atoms with E-state index in [0.717, 1.165) is 19.5 Å². The Morgan fingerprint density at radius 2 is 1.94 bits per heavy atom. The van der Waals surface area contributed by atoms with Crippen molar-refractivity contribution in [1.82, 2.24) is 15.1 Å². The maximum absolute atomic E-state index is 4.61. The lowest BCUT2D eigenvalue weighted by molar-refractivity contribution is 0.558. The predicted molar refractivity (Wildman–Crippen MR) is 68.7 cm³/mol. The second kappa shape index (κ2) is 6.04. The molecule has 0 spiro atoms. The fourth-order valence-corrected chi connectivity index (χ4v) is 2.23. The van der Waals surface area contributed by atoms with Crippen LogP contribution in [0.5, 0.6) is 0 Å². The van der Waals surface area contributed by atoms with Gasteiger partial charge >= 0.3 is 0 Å². The molecule has 1 aromatic heterocycles. The molecule has 0 amide bonds. The van der Waals surface area contributed by atoms with Gasteiger partial charge in [0, 0.05) is 23.8 Å². The van der Waals surface area contributed by atoms with Crippen molar-refractivity contribution in [2.45, 2.75) is 60.0 Å². The number of aryl methyl sites for hydroxylation is 2. The molecular formula is C13H25N3. The maximum Gasteiger partial charge on any atom is 0.0644 e. The average Bonchev–Trinajstić information content (AvgIpc) is 2.52. The predicted octanol–water partition coefficient (Wildman–Crippen LogP) is 2.97. The Balaban J connectivity index is 2.86. The zero-order valence-corrected chi connectivity index (χ0v) is 11.3. The van der Waals surface area contributed by atoms with Crippen LogP contribution in [0.2, 0.25) is 0 Å². The molecule has 0 aliphatic rings. The van der Waals surface area contributed by atoms with E-state index in [9.17, 15) is 0 Å². The van der Waals surface area contributed by atoms with E-state index in [1.54, 1.807) is 0 Å². The Morgan fingerprint density at radius 3 is 2.50 bits per heavy atom. The van der Waals surface area contributed by atoms with Gasteiger partial charge in [-0.15, -0.1) is 0 Å². The molecule has 16 heavy (non-hydrogen) atoms. The van der Waals surface area contributed by atoms with E-state index in [-0.39, 0.29) is 0 Å². The zero-order chi connectivity index (χ0) is 12.1. The minimum absolute atomic E-state index is 0.408. The van der Waals surface area contributed by atoms with Crippen molar-refractivity contribution in [3.63, 3.8) is 0 Å². The normalized spacial score (nSPS) is 13.1. The second-order valence-electron chi connectivity index (χ2n) is 4.48. The van der Waals surface area contributed by atoms with Crippen molar-refractivity contribution in [2.24, 2.45) is 0 Å². The number of hydrogen-bond donors (Lipinski definition) is 1. The van der Waals surface area contributed by atoms with Crippen LogP contribution in [-0.4, -0.2) is 16.3 Å². The summed E-state index contributed by atoms with van der Waals surface area (Å²) in [7, 11) is 0. The fourth-order valence-electron chi connectivity index (χ4n) is 2.23. The first-order valence-electron chi connectivity index (χ1n) is 6.39. The van der Waals surface area contributed by atoms with Crippen molar-refractivity contribution in [3.05, 3.63) is 17.0 Å². The maximum atomic E-state index is 4.61. The molecule has 0 saturated heterocycles. The lowest BCUT2D eigenvalue weighted by atomic mass is 10.1. The molecule has 0 saturated carbocycles. The highest BCUT2D eigenvalue weighted by Gasteiger charge is 2.16. The Morgan fingerprint density at radius 1 is 1.25 bits per heavy atom. The molecule has 1 N–H and O–H groups in total. The third kappa shape index (κ3) is 2.85. The van der Waals surface area contributed by atoms with Gasteiger partial charge in [0.15, 0.2) is 0 Å². The van der Waals surface area contributed by atoms with Crippen LogP contribution in [-0.2, 0) is 6.54 Å². The van der Waals surface area contributed by atoms with E-state index >= 15 is 0 Å². The molecule has 1 rings (SSSR count). The first-order valence-corrected chi connectivity index (χ1v) is 6.39. The molecular weight excluding hydrogens is 198 g/mol. The van der Waals surface area contributed by atoms with E-state index in [1.165, 1.54) is 23.4 Å². The average molecular weight is 223 g/mol. The monoisotopic (exact) mass is 223 g/mol. The lowest BCUT2D eigenvalue weighted by Gasteiger charge is -2.14. The van der Waals surface area contributed by atoms with Gasteiger partial charge in [0.05, 0.1) is 5.69 Å². The Bertz CT molecular complexity index is 328. The van der Waals surface area contributed by atoms with Crippen molar-refractivity contribution in [2.75, 3.05) is 6.54 Å². The van der Waals surface area contributed by atoms with Gasteiger partial charge in [-0.3, -0.25) is 4.68 Å². The highest BCUT2D eigenvalue weighted by Crippen LogP contribution is 2.21. The minimum atomic E-state index is 0.408. The van der Waals surface area contributed by atoms with Crippen molar-refractivity contribution < 1.29 is 0 Å². The summed E-state index contributed by atoms with van der Waals surface area (Å²) in [4.78, 5) is 0. The van der Waals surface area contributed by atoms with Crippen molar-refractivity contribution in [3.8, 4) is 0 Å². The van der Waals surface area contributed by atoms with Gasteiger partial charge in [0.1, 0.15) is 0 Å². The summed E-state index contributed by atoms with van der Waals surface area (Å²) in [5, 5.41) is 8.14. The molecule has 0 aromatic carbocycles. The van der Waals surface area contributed by atoms with E-state index in [1.807, 2.05) is 0 Å². The molecule has 1 atom stereocenters. The molecule has 0 fully saturated rings. The van der Waals surface area contributed by atoms with Gasteiger partial charge in [-0.2, -0.15) is 5.10 Å². The summed E-state index contributed by atoms with van der Waals surface area (Å²) in [6.45, 7) is 13.0. The highest BCUT2D eigenvalue weighted by atomic mass is 15.3. The molecule has 0 bridgehead atoms. The number of nitrogens with zero attached hydrogens (tertiary/aromatic N) is 2. The van der Waals surface area contributed by atoms with Crippen LogP contribution < -0.4 is 5.32 Å². The third-order valence-electron chi connectivity index (χ3n) is 3.01. The summed E-state index contributed by atoms with van der Waals surface area (Å²) in [5.41, 5.74) is 3.86. The fraction of sp³-hybridized carbons (Fsp3) is 0.769. The van der Waals surface area contributed by atoms with Gasteiger partial charge in [0.2, 0.25) is 0 Å². The SMILES string of the molecule is CCCNC(C)c1c(C)nn(CCC)c1C. The van der Waals surface area contributed by atoms with E-state index in [4.69, 9.17) is 0 Å². The van der Waals surface area contributed by atoms with Gasteiger partial charge < -0.3 is 5.32 Å². The Hall–Kier alpha value is -0.830. The van der Waals surface area contributed by atoms with Gasteiger partial charge in [-0.05, 0) is 40.2 Å². The minimum Gasteiger partial charge on any atom is -0.310 e. The lowest BCUT2D eigenvalue weighted by Crippen LogP contribution is -2.20. The number of nitrogens with one attached hydrogen (secondary N) is 1. The van der Waals surface area contributed by atoms with Crippen LogP contribution in [0.4, 0.5) is 0 Å². The summed E-state index contributed by atoms with van der Waals surface area (Å²) < 4.78 is 2.13. The summed E-state index contributed by atoms with van der Waals surface area (Å²) in [6, 6.07) is 0.408. The van der Waals surface area contributed by atoms with Crippen LogP contribution in [0.3, 0.4) is 0 Å².